The molecular formula is C15H21NO3. The maximum atomic E-state index is 11.7. The fourth-order valence-corrected chi connectivity index (χ4v) is 2.70. The minimum absolute atomic E-state index is 0.0165. The highest BCUT2D eigenvalue weighted by atomic mass is 16.5. The third-order valence-electron chi connectivity index (χ3n) is 3.88. The van der Waals surface area contributed by atoms with E-state index in [0.717, 1.165) is 24.1 Å². The van der Waals surface area contributed by atoms with Crippen molar-refractivity contribution in [2.75, 3.05) is 12.4 Å². The molecule has 0 bridgehead atoms. The normalized spacial score (nSPS) is 26.9. The number of carbonyl (C=O) groups is 1. The Hall–Kier alpha value is -1.55. The minimum atomic E-state index is -0.909. The first-order valence-electron chi connectivity index (χ1n) is 6.67. The van der Waals surface area contributed by atoms with E-state index in [4.69, 9.17) is 4.74 Å². The second kappa shape index (κ2) is 5.61. The lowest BCUT2D eigenvalue weighted by Crippen LogP contribution is -2.51. The van der Waals surface area contributed by atoms with Gasteiger partial charge in [0.15, 0.2) is 0 Å². The molecule has 1 aromatic rings. The molecule has 2 rings (SSSR count). The van der Waals surface area contributed by atoms with Gasteiger partial charge >= 0.3 is 5.97 Å². The molecule has 1 aliphatic carbocycles. The summed E-state index contributed by atoms with van der Waals surface area (Å²) in [7, 11) is 1.65. The van der Waals surface area contributed by atoms with Crippen molar-refractivity contribution in [3.63, 3.8) is 0 Å². The molecule has 0 spiro atoms. The Balaban J connectivity index is 2.19. The van der Waals surface area contributed by atoms with Crippen LogP contribution in [0.4, 0.5) is 5.69 Å². The number of nitrogens with one attached hydrogen (secondary N) is 1. The summed E-state index contributed by atoms with van der Waals surface area (Å²) in [6.45, 7) is 2.01. The van der Waals surface area contributed by atoms with Crippen molar-refractivity contribution < 1.29 is 14.6 Å². The molecule has 1 aromatic carbocycles. The van der Waals surface area contributed by atoms with Gasteiger partial charge in [0.1, 0.15) is 5.54 Å². The Labute approximate surface area is 113 Å². The number of hydrogen-bond acceptors (Lipinski definition) is 3. The van der Waals surface area contributed by atoms with E-state index in [0.29, 0.717) is 12.8 Å². The molecule has 1 saturated carbocycles. The maximum Gasteiger partial charge on any atom is 0.329 e. The molecule has 4 heteroatoms. The van der Waals surface area contributed by atoms with Gasteiger partial charge in [-0.3, -0.25) is 0 Å². The largest absolute Gasteiger partial charge is 0.480 e. The van der Waals surface area contributed by atoms with Crippen LogP contribution in [0.5, 0.6) is 0 Å². The first-order chi connectivity index (χ1) is 9.05. The summed E-state index contributed by atoms with van der Waals surface area (Å²) in [5.74, 6) is -0.796. The number of aryl methyl sites for hydroxylation is 1. The number of methoxy groups -OCH3 is 1. The molecule has 4 nitrogen and oxygen atoms in total. The lowest BCUT2D eigenvalue weighted by molar-refractivity contribution is -0.145. The van der Waals surface area contributed by atoms with Crippen LogP contribution in [0.15, 0.2) is 24.3 Å². The van der Waals surface area contributed by atoms with E-state index in [1.165, 1.54) is 0 Å². The zero-order valence-electron chi connectivity index (χ0n) is 11.5. The van der Waals surface area contributed by atoms with Gasteiger partial charge in [0.05, 0.1) is 6.10 Å². The van der Waals surface area contributed by atoms with Gasteiger partial charge in [-0.05, 0) is 38.3 Å². The third-order valence-corrected chi connectivity index (χ3v) is 3.88. The van der Waals surface area contributed by atoms with Gasteiger partial charge in [-0.25, -0.2) is 4.79 Å². The summed E-state index contributed by atoms with van der Waals surface area (Å²) in [6, 6.07) is 7.82. The van der Waals surface area contributed by atoms with E-state index in [-0.39, 0.29) is 6.10 Å². The van der Waals surface area contributed by atoms with Crippen LogP contribution in [0.3, 0.4) is 0 Å². The molecule has 1 aliphatic rings. The summed E-state index contributed by atoms with van der Waals surface area (Å²) in [4.78, 5) is 11.7. The van der Waals surface area contributed by atoms with Crippen LogP contribution in [0.2, 0.25) is 0 Å². The van der Waals surface area contributed by atoms with Crippen LogP contribution in [0.1, 0.15) is 31.2 Å². The predicted molar refractivity (Wildman–Crippen MR) is 74.4 cm³/mol. The molecule has 104 valence electrons. The molecule has 0 radical (unpaired) electrons. The quantitative estimate of drug-likeness (QED) is 0.877. The van der Waals surface area contributed by atoms with E-state index in [9.17, 15) is 9.90 Å². The van der Waals surface area contributed by atoms with Crippen LogP contribution >= 0.6 is 0 Å². The van der Waals surface area contributed by atoms with Crippen molar-refractivity contribution >= 4 is 11.7 Å². The molecule has 0 heterocycles. The van der Waals surface area contributed by atoms with E-state index in [1.807, 2.05) is 31.2 Å². The van der Waals surface area contributed by atoms with E-state index in [1.54, 1.807) is 7.11 Å². The van der Waals surface area contributed by atoms with Crippen LogP contribution in [-0.4, -0.2) is 29.8 Å². The topological polar surface area (TPSA) is 58.6 Å². The molecule has 2 atom stereocenters. The third kappa shape index (κ3) is 3.07. The van der Waals surface area contributed by atoms with Crippen molar-refractivity contribution in [3.8, 4) is 0 Å². The number of anilines is 1. The molecule has 1 fully saturated rings. The van der Waals surface area contributed by atoms with E-state index in [2.05, 4.69) is 5.32 Å². The van der Waals surface area contributed by atoms with Crippen LogP contribution < -0.4 is 5.32 Å². The molecule has 0 amide bonds. The van der Waals surface area contributed by atoms with Gasteiger partial charge in [-0.2, -0.15) is 0 Å². The molecule has 0 saturated heterocycles. The smallest absolute Gasteiger partial charge is 0.329 e. The van der Waals surface area contributed by atoms with Crippen molar-refractivity contribution in [1.29, 1.82) is 0 Å². The van der Waals surface area contributed by atoms with Crippen molar-refractivity contribution in [1.82, 2.24) is 0 Å². The van der Waals surface area contributed by atoms with Gasteiger partial charge < -0.3 is 15.2 Å². The molecule has 0 aliphatic heterocycles. The highest BCUT2D eigenvalue weighted by Crippen LogP contribution is 2.33. The Bertz CT molecular complexity index is 443. The highest BCUT2D eigenvalue weighted by Gasteiger charge is 2.43. The molecule has 19 heavy (non-hydrogen) atoms. The fraction of sp³-hybridized carbons (Fsp3) is 0.533. The Morgan fingerprint density at radius 3 is 2.68 bits per heavy atom. The molecular weight excluding hydrogens is 242 g/mol. The number of benzene rings is 1. The number of hydrogen-bond donors (Lipinski definition) is 2. The number of rotatable bonds is 4. The van der Waals surface area contributed by atoms with Crippen molar-refractivity contribution in [2.45, 2.75) is 44.2 Å². The fourth-order valence-electron chi connectivity index (χ4n) is 2.70. The second-order valence-corrected chi connectivity index (χ2v) is 5.33. The van der Waals surface area contributed by atoms with Gasteiger partial charge in [0.2, 0.25) is 0 Å². The minimum Gasteiger partial charge on any atom is -0.480 e. The molecule has 2 unspecified atom stereocenters. The Morgan fingerprint density at radius 1 is 1.42 bits per heavy atom. The summed E-state index contributed by atoms with van der Waals surface area (Å²) in [6.07, 6.45) is 2.95. The Kier molecular flexibility index (Phi) is 4.10. The average Bonchev–Trinajstić information content (AvgIpc) is 2.41. The first-order valence-corrected chi connectivity index (χ1v) is 6.67. The van der Waals surface area contributed by atoms with Crippen molar-refractivity contribution in [2.24, 2.45) is 0 Å². The first kappa shape index (κ1) is 13.9. The number of aliphatic carboxylic acids is 1. The molecule has 2 N–H and O–H groups in total. The lowest BCUT2D eigenvalue weighted by Gasteiger charge is -2.38. The lowest BCUT2D eigenvalue weighted by atomic mass is 9.79. The second-order valence-electron chi connectivity index (χ2n) is 5.33. The van der Waals surface area contributed by atoms with Gasteiger partial charge in [0, 0.05) is 19.2 Å². The molecule has 0 aromatic heterocycles. The van der Waals surface area contributed by atoms with E-state index >= 15 is 0 Å². The van der Waals surface area contributed by atoms with Gasteiger partial charge in [0.25, 0.3) is 0 Å². The Morgan fingerprint density at radius 2 is 2.11 bits per heavy atom. The zero-order chi connectivity index (χ0) is 13.9. The predicted octanol–water partition coefficient (Wildman–Crippen LogP) is 2.82. The highest BCUT2D eigenvalue weighted by molar-refractivity contribution is 5.83. The average molecular weight is 263 g/mol. The van der Waals surface area contributed by atoms with Crippen LogP contribution in [0.25, 0.3) is 0 Å². The van der Waals surface area contributed by atoms with Crippen LogP contribution in [-0.2, 0) is 9.53 Å². The van der Waals surface area contributed by atoms with Gasteiger partial charge in [-0.1, -0.05) is 17.7 Å². The summed E-state index contributed by atoms with van der Waals surface area (Å²) < 4.78 is 5.35. The number of ether oxygens (including phenoxy) is 1. The summed E-state index contributed by atoms with van der Waals surface area (Å²) >= 11 is 0. The van der Waals surface area contributed by atoms with E-state index < -0.39 is 11.5 Å². The zero-order valence-corrected chi connectivity index (χ0v) is 11.5. The maximum absolute atomic E-state index is 11.7. The summed E-state index contributed by atoms with van der Waals surface area (Å²) in [5, 5.41) is 12.8. The number of carboxylic acids is 1. The van der Waals surface area contributed by atoms with Crippen LogP contribution in [0, 0.1) is 6.92 Å². The van der Waals surface area contributed by atoms with Gasteiger partial charge in [-0.15, -0.1) is 0 Å². The standard InChI is InChI=1S/C15H21NO3/c1-11-5-7-12(8-6-11)16-15(14(17)18)9-3-4-13(10-15)19-2/h5-8,13,16H,3-4,9-10H2,1-2H3,(H,17,18). The SMILES string of the molecule is COC1CCCC(Nc2ccc(C)cc2)(C(=O)O)C1. The number of carboxylic acid groups (broad SMARTS) is 1. The monoisotopic (exact) mass is 263 g/mol. The van der Waals surface area contributed by atoms with Crippen molar-refractivity contribution in [3.05, 3.63) is 29.8 Å². The summed E-state index contributed by atoms with van der Waals surface area (Å²) in [5.41, 5.74) is 1.10.